The van der Waals surface area contributed by atoms with Crippen molar-refractivity contribution in [2.24, 2.45) is 0 Å². The Labute approximate surface area is 289 Å². The minimum absolute atomic E-state index is 0.0260. The number of nitrogens with one attached hydrogen (secondary N) is 1. The van der Waals surface area contributed by atoms with E-state index in [1.807, 2.05) is 47.1 Å². The zero-order valence-corrected chi connectivity index (χ0v) is 28.9. The molecule has 5 aliphatic rings. The maximum atomic E-state index is 14.1. The van der Waals surface area contributed by atoms with Gasteiger partial charge in [-0.15, -0.1) is 0 Å². The average Bonchev–Trinajstić information content (AvgIpc) is 3.29. The molecule has 2 aromatic carbocycles. The van der Waals surface area contributed by atoms with E-state index in [1.54, 1.807) is 4.90 Å². The van der Waals surface area contributed by atoms with Crippen LogP contribution in [0.3, 0.4) is 0 Å². The third-order valence-corrected chi connectivity index (χ3v) is 11.0. The Kier molecular flexibility index (Phi) is 10.1. The van der Waals surface area contributed by atoms with Crippen molar-refractivity contribution in [3.8, 4) is 11.5 Å². The summed E-state index contributed by atoms with van der Waals surface area (Å²) in [5.41, 5.74) is 3.79. The molecule has 0 bridgehead atoms. The Hall–Kier alpha value is -4.03. The smallest absolute Gasteiger partial charge is 0.410 e. The van der Waals surface area contributed by atoms with Crippen LogP contribution in [-0.2, 0) is 22.4 Å². The number of ether oxygens (including phenoxy) is 3. The standard InChI is InChI=1S/C37H50N6O6/c1-26-23-27(24-32-34(26)48-22-21-47-32)25-33(35(44)41-12-8-29(9-13-41)40-19-17-39(2)18-20-40)49-37(46)42-14-10-30(11-15-42)43-16-7-28-5-3-4-6-31(28)38-36(43)45/h3-6,23-24,29-30,33H,7-22,25H2,1-2H3,(H,38,45)/t33-/m1/s1. The van der Waals surface area contributed by atoms with Gasteiger partial charge in [-0.1, -0.05) is 24.3 Å². The highest BCUT2D eigenvalue weighted by atomic mass is 16.6. The van der Waals surface area contributed by atoms with Crippen LogP contribution in [0, 0.1) is 6.92 Å². The average molecular weight is 675 g/mol. The van der Waals surface area contributed by atoms with Gasteiger partial charge in [-0.25, -0.2) is 9.59 Å². The summed E-state index contributed by atoms with van der Waals surface area (Å²) in [5, 5.41) is 3.06. The molecule has 264 valence electrons. The molecule has 0 aromatic heterocycles. The van der Waals surface area contributed by atoms with Gasteiger partial charge < -0.3 is 39.1 Å². The second-order valence-electron chi connectivity index (χ2n) is 14.2. The number of piperidine rings is 2. The SMILES string of the molecule is Cc1cc(C[C@@H](OC(=O)N2CCC(N3CCc4ccccc4NC3=O)CC2)C(=O)N2CCC(N3CCN(C)CC3)CC2)cc2c1OCCO2. The highest BCUT2D eigenvalue weighted by molar-refractivity contribution is 5.91. The van der Waals surface area contributed by atoms with Crippen molar-refractivity contribution < 1.29 is 28.6 Å². The van der Waals surface area contributed by atoms with Crippen LogP contribution in [0.5, 0.6) is 11.5 Å². The number of rotatable bonds is 6. The number of carbonyl (C=O) groups is 3. The van der Waals surface area contributed by atoms with E-state index in [1.165, 1.54) is 0 Å². The summed E-state index contributed by atoms with van der Waals surface area (Å²) in [4.78, 5) is 51.4. The predicted octanol–water partition coefficient (Wildman–Crippen LogP) is 3.61. The lowest BCUT2D eigenvalue weighted by Crippen LogP contribution is -2.54. The van der Waals surface area contributed by atoms with Crippen molar-refractivity contribution in [1.29, 1.82) is 0 Å². The Balaban J connectivity index is 0.998. The summed E-state index contributed by atoms with van der Waals surface area (Å²) >= 11 is 0. The van der Waals surface area contributed by atoms with Gasteiger partial charge in [0.05, 0.1) is 0 Å². The molecular formula is C37H50N6O6. The summed E-state index contributed by atoms with van der Waals surface area (Å²) in [6.45, 7) is 10.1. The third-order valence-electron chi connectivity index (χ3n) is 11.0. The molecular weight excluding hydrogens is 624 g/mol. The Morgan fingerprint density at radius 1 is 0.878 bits per heavy atom. The first kappa shape index (κ1) is 33.5. The summed E-state index contributed by atoms with van der Waals surface area (Å²) in [7, 11) is 2.17. The fraction of sp³-hybridized carbons (Fsp3) is 0.595. The van der Waals surface area contributed by atoms with Gasteiger partial charge in [-0.3, -0.25) is 9.69 Å². The van der Waals surface area contributed by atoms with Crippen molar-refractivity contribution in [2.75, 3.05) is 84.5 Å². The minimum Gasteiger partial charge on any atom is -0.486 e. The van der Waals surface area contributed by atoms with Crippen LogP contribution in [0.15, 0.2) is 36.4 Å². The lowest BCUT2D eigenvalue weighted by atomic mass is 9.99. The third kappa shape index (κ3) is 7.60. The molecule has 7 rings (SSSR count). The Morgan fingerprint density at radius 2 is 1.57 bits per heavy atom. The van der Waals surface area contributed by atoms with Gasteiger partial charge in [0.2, 0.25) is 0 Å². The predicted molar refractivity (Wildman–Crippen MR) is 185 cm³/mol. The molecule has 0 aliphatic carbocycles. The molecule has 5 aliphatic heterocycles. The number of urea groups is 1. The maximum Gasteiger partial charge on any atom is 0.410 e. The van der Waals surface area contributed by atoms with Gasteiger partial charge in [0.1, 0.15) is 13.2 Å². The molecule has 2 aromatic rings. The van der Waals surface area contributed by atoms with Crippen LogP contribution in [0.25, 0.3) is 0 Å². The summed E-state index contributed by atoms with van der Waals surface area (Å²) in [5.74, 6) is 1.24. The van der Waals surface area contributed by atoms with Gasteiger partial charge in [0, 0.05) is 83.1 Å². The lowest BCUT2D eigenvalue weighted by Gasteiger charge is -2.42. The molecule has 0 radical (unpaired) electrons. The number of nitrogens with zero attached hydrogens (tertiary/aromatic N) is 5. The first-order chi connectivity index (χ1) is 23.8. The van der Waals surface area contributed by atoms with E-state index < -0.39 is 12.2 Å². The van der Waals surface area contributed by atoms with Gasteiger partial charge in [-0.2, -0.15) is 0 Å². The van der Waals surface area contributed by atoms with Crippen molar-refractivity contribution in [1.82, 2.24) is 24.5 Å². The van der Waals surface area contributed by atoms with Gasteiger partial charge in [0.25, 0.3) is 5.91 Å². The fourth-order valence-corrected chi connectivity index (χ4v) is 8.05. The monoisotopic (exact) mass is 674 g/mol. The molecule has 12 heteroatoms. The number of carbonyl (C=O) groups excluding carboxylic acids is 3. The summed E-state index contributed by atoms with van der Waals surface area (Å²) in [6, 6.07) is 12.2. The van der Waals surface area contributed by atoms with Crippen molar-refractivity contribution >= 4 is 23.7 Å². The number of piperazine rings is 1. The van der Waals surface area contributed by atoms with Crippen LogP contribution < -0.4 is 14.8 Å². The number of likely N-dealkylation sites (tertiary alicyclic amines) is 2. The summed E-state index contributed by atoms with van der Waals surface area (Å²) < 4.78 is 17.8. The molecule has 3 fully saturated rings. The zero-order chi connectivity index (χ0) is 33.9. The number of hydrogen-bond acceptors (Lipinski definition) is 8. The van der Waals surface area contributed by atoms with Gasteiger partial charge >= 0.3 is 12.1 Å². The number of benzene rings is 2. The van der Waals surface area contributed by atoms with E-state index in [4.69, 9.17) is 14.2 Å². The topological polar surface area (TPSA) is 107 Å². The molecule has 5 heterocycles. The van der Waals surface area contributed by atoms with Crippen LogP contribution in [0.4, 0.5) is 15.3 Å². The van der Waals surface area contributed by atoms with E-state index in [9.17, 15) is 14.4 Å². The second-order valence-corrected chi connectivity index (χ2v) is 14.2. The van der Waals surface area contributed by atoms with Crippen molar-refractivity contribution in [2.45, 2.75) is 63.6 Å². The van der Waals surface area contributed by atoms with Gasteiger partial charge in [-0.05, 0) is 74.9 Å². The second kappa shape index (κ2) is 14.8. The Morgan fingerprint density at radius 3 is 2.35 bits per heavy atom. The summed E-state index contributed by atoms with van der Waals surface area (Å²) in [6.07, 6.45) is 2.74. The zero-order valence-electron chi connectivity index (χ0n) is 28.9. The molecule has 1 atom stereocenters. The highest BCUT2D eigenvalue weighted by Crippen LogP contribution is 2.35. The largest absolute Gasteiger partial charge is 0.486 e. The number of anilines is 1. The van der Waals surface area contributed by atoms with E-state index in [0.717, 1.165) is 73.6 Å². The van der Waals surface area contributed by atoms with E-state index in [-0.39, 0.29) is 24.4 Å². The van der Waals surface area contributed by atoms with Crippen molar-refractivity contribution in [3.05, 3.63) is 53.1 Å². The minimum atomic E-state index is -0.956. The molecule has 3 saturated heterocycles. The van der Waals surface area contributed by atoms with Gasteiger partial charge in [0.15, 0.2) is 17.6 Å². The first-order valence-electron chi connectivity index (χ1n) is 18.0. The van der Waals surface area contributed by atoms with E-state index in [0.29, 0.717) is 70.6 Å². The maximum absolute atomic E-state index is 14.1. The normalized spacial score (nSPS) is 21.8. The molecule has 4 amide bonds. The molecule has 0 unspecified atom stereocenters. The van der Waals surface area contributed by atoms with Crippen LogP contribution in [0.1, 0.15) is 42.4 Å². The number of amides is 4. The van der Waals surface area contributed by atoms with Crippen LogP contribution in [-0.4, -0.2) is 140 Å². The quantitative estimate of drug-likeness (QED) is 0.496. The number of likely N-dealkylation sites (N-methyl/N-ethyl adjacent to an activating group) is 1. The van der Waals surface area contributed by atoms with Crippen molar-refractivity contribution in [3.63, 3.8) is 0 Å². The number of hydrogen-bond donors (Lipinski definition) is 1. The van der Waals surface area contributed by atoms with Crippen LogP contribution >= 0.6 is 0 Å². The molecule has 0 saturated carbocycles. The number of fused-ring (bicyclic) bond motifs is 2. The highest BCUT2D eigenvalue weighted by Gasteiger charge is 2.36. The molecule has 1 N–H and O–H groups in total. The molecule has 12 nitrogen and oxygen atoms in total. The fourth-order valence-electron chi connectivity index (χ4n) is 8.05. The number of para-hydroxylation sites is 1. The van der Waals surface area contributed by atoms with E-state index >= 15 is 0 Å². The molecule has 0 spiro atoms. The Bertz CT molecular complexity index is 1510. The van der Waals surface area contributed by atoms with Crippen LogP contribution in [0.2, 0.25) is 0 Å². The molecule has 49 heavy (non-hydrogen) atoms. The van der Waals surface area contributed by atoms with E-state index in [2.05, 4.69) is 28.2 Å². The lowest BCUT2D eigenvalue weighted by molar-refractivity contribution is -0.142. The first-order valence-corrected chi connectivity index (χ1v) is 18.0. The number of aryl methyl sites for hydroxylation is 1.